The van der Waals surface area contributed by atoms with Crippen LogP contribution in [0, 0.1) is 0 Å². The zero-order chi connectivity index (χ0) is 12.3. The second-order valence-corrected chi connectivity index (χ2v) is 5.14. The third kappa shape index (κ3) is 3.57. The fourth-order valence-electron chi connectivity index (χ4n) is 1.99. The predicted molar refractivity (Wildman–Crippen MR) is 76.4 cm³/mol. The molecule has 18 heavy (non-hydrogen) atoms. The predicted octanol–water partition coefficient (Wildman–Crippen LogP) is 0.951. The Bertz CT molecular complexity index is 371. The summed E-state index contributed by atoms with van der Waals surface area (Å²) in [6.07, 6.45) is 2.79. The van der Waals surface area contributed by atoms with Gasteiger partial charge in [0.15, 0.2) is 5.13 Å². The highest BCUT2D eigenvalue weighted by atomic mass is 35.5. The number of halogens is 1. The van der Waals surface area contributed by atoms with Crippen LogP contribution in [0.3, 0.4) is 0 Å². The van der Waals surface area contributed by atoms with Gasteiger partial charge in [0.2, 0.25) is 5.91 Å². The Hall–Kier alpha value is -0.850. The van der Waals surface area contributed by atoms with Crippen LogP contribution in [-0.2, 0) is 4.79 Å². The highest BCUT2D eigenvalue weighted by molar-refractivity contribution is 7.13. The molecule has 1 atom stereocenters. The van der Waals surface area contributed by atoms with Gasteiger partial charge < -0.3 is 15.5 Å². The summed E-state index contributed by atoms with van der Waals surface area (Å²) < 4.78 is 0. The number of amides is 1. The number of hydrogen-bond donors (Lipinski definition) is 1. The van der Waals surface area contributed by atoms with Crippen LogP contribution in [-0.4, -0.2) is 48.0 Å². The van der Waals surface area contributed by atoms with E-state index in [2.05, 4.69) is 9.88 Å². The first kappa shape index (κ1) is 15.2. The fraction of sp³-hybridized carbons (Fsp3) is 0.636. The Labute approximate surface area is 117 Å². The van der Waals surface area contributed by atoms with Crippen LogP contribution in [0.1, 0.15) is 13.3 Å². The third-order valence-electron chi connectivity index (χ3n) is 2.89. The summed E-state index contributed by atoms with van der Waals surface area (Å²) in [6.45, 7) is 5.07. The van der Waals surface area contributed by atoms with E-state index in [9.17, 15) is 4.79 Å². The van der Waals surface area contributed by atoms with E-state index in [4.69, 9.17) is 5.73 Å². The standard InChI is InChI=1S/C11H18N4OS.ClH/c1-9(12)10(16)14-4-2-5-15(7-6-14)11-13-3-8-17-11;/h3,8-9H,2,4-7,12H2,1H3;1H. The van der Waals surface area contributed by atoms with Gasteiger partial charge in [-0.15, -0.1) is 23.7 Å². The molecule has 1 aliphatic heterocycles. The number of thiazole rings is 1. The average Bonchev–Trinajstić information content (AvgIpc) is 2.73. The number of anilines is 1. The largest absolute Gasteiger partial charge is 0.346 e. The number of rotatable bonds is 2. The quantitative estimate of drug-likeness (QED) is 0.881. The molecule has 0 aliphatic carbocycles. The molecule has 5 nitrogen and oxygen atoms in total. The van der Waals surface area contributed by atoms with Gasteiger partial charge in [-0.3, -0.25) is 4.79 Å². The lowest BCUT2D eigenvalue weighted by atomic mass is 10.3. The van der Waals surface area contributed by atoms with Gasteiger partial charge >= 0.3 is 0 Å². The molecule has 102 valence electrons. The van der Waals surface area contributed by atoms with E-state index in [1.54, 1.807) is 18.3 Å². The van der Waals surface area contributed by atoms with Crippen LogP contribution >= 0.6 is 23.7 Å². The van der Waals surface area contributed by atoms with E-state index in [-0.39, 0.29) is 18.3 Å². The van der Waals surface area contributed by atoms with Gasteiger partial charge in [0.25, 0.3) is 0 Å². The lowest BCUT2D eigenvalue weighted by molar-refractivity contribution is -0.131. The molecule has 0 bridgehead atoms. The van der Waals surface area contributed by atoms with Crippen molar-refractivity contribution in [3.05, 3.63) is 11.6 Å². The van der Waals surface area contributed by atoms with Crippen LogP contribution in [0.2, 0.25) is 0 Å². The first-order chi connectivity index (χ1) is 8.18. The van der Waals surface area contributed by atoms with E-state index in [1.807, 2.05) is 16.5 Å². The Morgan fingerprint density at radius 3 is 2.83 bits per heavy atom. The summed E-state index contributed by atoms with van der Waals surface area (Å²) in [5.74, 6) is 0.0472. The van der Waals surface area contributed by atoms with E-state index in [0.717, 1.165) is 37.7 Å². The molecular formula is C11H19ClN4OS. The molecule has 0 spiro atoms. The van der Waals surface area contributed by atoms with Crippen molar-refractivity contribution in [2.75, 3.05) is 31.1 Å². The lowest BCUT2D eigenvalue weighted by Crippen LogP contribution is -2.43. The summed E-state index contributed by atoms with van der Waals surface area (Å²) in [5, 5.41) is 3.02. The minimum atomic E-state index is -0.401. The third-order valence-corrected chi connectivity index (χ3v) is 3.72. The number of aromatic nitrogens is 1. The maximum Gasteiger partial charge on any atom is 0.239 e. The van der Waals surface area contributed by atoms with Crippen molar-refractivity contribution in [1.29, 1.82) is 0 Å². The molecule has 1 aromatic rings. The summed E-state index contributed by atoms with van der Waals surface area (Å²) in [6, 6.07) is -0.401. The molecule has 2 N–H and O–H groups in total. The number of nitrogens with two attached hydrogens (primary N) is 1. The monoisotopic (exact) mass is 290 g/mol. The van der Waals surface area contributed by atoms with Crippen molar-refractivity contribution < 1.29 is 4.79 Å². The van der Waals surface area contributed by atoms with Gasteiger partial charge in [-0.05, 0) is 13.3 Å². The zero-order valence-electron chi connectivity index (χ0n) is 10.4. The van der Waals surface area contributed by atoms with Crippen molar-refractivity contribution in [2.45, 2.75) is 19.4 Å². The fourth-order valence-corrected chi connectivity index (χ4v) is 2.69. The maximum atomic E-state index is 11.8. The molecule has 1 aromatic heterocycles. The number of hydrogen-bond acceptors (Lipinski definition) is 5. The smallest absolute Gasteiger partial charge is 0.239 e. The lowest BCUT2D eigenvalue weighted by Gasteiger charge is -2.23. The number of carbonyl (C=O) groups is 1. The van der Waals surface area contributed by atoms with Gasteiger partial charge in [0.05, 0.1) is 6.04 Å². The Kier molecular flexibility index (Phi) is 5.84. The Balaban J connectivity index is 0.00000162. The molecule has 0 radical (unpaired) electrons. The van der Waals surface area contributed by atoms with Crippen LogP contribution in [0.25, 0.3) is 0 Å². The molecule has 1 amide bonds. The molecule has 1 saturated heterocycles. The van der Waals surface area contributed by atoms with E-state index >= 15 is 0 Å². The summed E-state index contributed by atoms with van der Waals surface area (Å²) in [7, 11) is 0. The van der Waals surface area contributed by atoms with E-state index in [1.165, 1.54) is 0 Å². The van der Waals surface area contributed by atoms with Gasteiger partial charge in [-0.25, -0.2) is 4.98 Å². The number of carbonyl (C=O) groups excluding carboxylic acids is 1. The van der Waals surface area contributed by atoms with Crippen LogP contribution in [0.15, 0.2) is 11.6 Å². The highest BCUT2D eigenvalue weighted by Crippen LogP contribution is 2.19. The first-order valence-corrected chi connectivity index (χ1v) is 6.75. The molecular weight excluding hydrogens is 272 g/mol. The first-order valence-electron chi connectivity index (χ1n) is 5.87. The average molecular weight is 291 g/mol. The highest BCUT2D eigenvalue weighted by Gasteiger charge is 2.21. The second kappa shape index (κ2) is 6.92. The van der Waals surface area contributed by atoms with Gasteiger partial charge in [0, 0.05) is 37.8 Å². The van der Waals surface area contributed by atoms with Gasteiger partial charge in [-0.2, -0.15) is 0 Å². The minimum Gasteiger partial charge on any atom is -0.346 e. The zero-order valence-corrected chi connectivity index (χ0v) is 12.0. The van der Waals surface area contributed by atoms with Crippen molar-refractivity contribution in [3.63, 3.8) is 0 Å². The van der Waals surface area contributed by atoms with E-state index in [0.29, 0.717) is 0 Å². The van der Waals surface area contributed by atoms with Gasteiger partial charge in [0.1, 0.15) is 0 Å². The maximum absolute atomic E-state index is 11.8. The number of nitrogens with zero attached hydrogens (tertiary/aromatic N) is 3. The van der Waals surface area contributed by atoms with Crippen molar-refractivity contribution in [3.8, 4) is 0 Å². The van der Waals surface area contributed by atoms with Crippen molar-refractivity contribution >= 4 is 34.8 Å². The molecule has 7 heteroatoms. The molecule has 2 heterocycles. The van der Waals surface area contributed by atoms with Crippen LogP contribution in [0.5, 0.6) is 0 Å². The normalized spacial score (nSPS) is 17.9. The van der Waals surface area contributed by atoms with Crippen LogP contribution in [0.4, 0.5) is 5.13 Å². The minimum absolute atomic E-state index is 0. The van der Waals surface area contributed by atoms with Crippen LogP contribution < -0.4 is 10.6 Å². The molecule has 0 aromatic carbocycles. The summed E-state index contributed by atoms with van der Waals surface area (Å²) >= 11 is 1.64. The van der Waals surface area contributed by atoms with Crippen molar-refractivity contribution in [1.82, 2.24) is 9.88 Å². The SMILES string of the molecule is CC(N)C(=O)N1CCCN(c2nccs2)CC1.Cl. The summed E-state index contributed by atoms with van der Waals surface area (Å²) in [5.41, 5.74) is 5.63. The molecule has 1 fully saturated rings. The second-order valence-electron chi connectivity index (χ2n) is 4.27. The van der Waals surface area contributed by atoms with E-state index < -0.39 is 6.04 Å². The molecule has 1 unspecified atom stereocenters. The topological polar surface area (TPSA) is 62.5 Å². The Morgan fingerprint density at radius 2 is 2.22 bits per heavy atom. The summed E-state index contributed by atoms with van der Waals surface area (Å²) in [4.78, 5) is 20.2. The molecule has 1 aliphatic rings. The van der Waals surface area contributed by atoms with Crippen molar-refractivity contribution in [2.24, 2.45) is 5.73 Å². The molecule has 2 rings (SSSR count). The van der Waals surface area contributed by atoms with Gasteiger partial charge in [-0.1, -0.05) is 0 Å². The Morgan fingerprint density at radius 1 is 1.44 bits per heavy atom. The molecule has 0 saturated carbocycles.